The predicted octanol–water partition coefficient (Wildman–Crippen LogP) is 1.49. The highest BCUT2D eigenvalue weighted by molar-refractivity contribution is 5.85. The van der Waals surface area contributed by atoms with Crippen LogP contribution in [0.3, 0.4) is 0 Å². The molecular formula is C15H22N2O3. The number of amides is 2. The van der Waals surface area contributed by atoms with Gasteiger partial charge in [0.1, 0.15) is 5.75 Å². The van der Waals surface area contributed by atoms with Crippen LogP contribution in [-0.2, 0) is 9.59 Å². The fourth-order valence-electron chi connectivity index (χ4n) is 1.67. The Hall–Kier alpha value is -2.04. The van der Waals surface area contributed by atoms with Gasteiger partial charge < -0.3 is 15.4 Å². The number of para-hydroxylation sites is 1. The van der Waals surface area contributed by atoms with E-state index in [0.29, 0.717) is 5.75 Å². The van der Waals surface area contributed by atoms with Crippen LogP contribution in [0.15, 0.2) is 30.3 Å². The molecule has 0 atom stereocenters. The van der Waals surface area contributed by atoms with Crippen LogP contribution in [0.1, 0.15) is 26.7 Å². The lowest BCUT2D eigenvalue weighted by Gasteiger charge is -2.14. The molecule has 0 spiro atoms. The van der Waals surface area contributed by atoms with E-state index in [1.165, 1.54) is 0 Å². The summed E-state index contributed by atoms with van der Waals surface area (Å²) in [7, 11) is 0. The first-order valence-corrected chi connectivity index (χ1v) is 6.89. The zero-order chi connectivity index (χ0) is 14.8. The molecule has 0 fully saturated rings. The van der Waals surface area contributed by atoms with Gasteiger partial charge in [0, 0.05) is 6.04 Å². The Labute approximate surface area is 119 Å². The molecule has 0 aliphatic rings. The van der Waals surface area contributed by atoms with Crippen molar-refractivity contribution >= 4 is 11.8 Å². The van der Waals surface area contributed by atoms with Crippen molar-refractivity contribution in [1.82, 2.24) is 10.6 Å². The topological polar surface area (TPSA) is 67.4 Å². The molecule has 0 radical (unpaired) electrons. The number of hydrogen-bond donors (Lipinski definition) is 2. The molecule has 0 saturated heterocycles. The summed E-state index contributed by atoms with van der Waals surface area (Å²) in [5.41, 5.74) is 0. The molecule has 20 heavy (non-hydrogen) atoms. The van der Waals surface area contributed by atoms with E-state index in [2.05, 4.69) is 10.6 Å². The molecular weight excluding hydrogens is 256 g/mol. The first kappa shape index (κ1) is 16.0. The molecule has 0 unspecified atom stereocenters. The molecule has 1 aromatic carbocycles. The molecule has 0 saturated carbocycles. The lowest BCUT2D eigenvalue weighted by molar-refractivity contribution is -0.127. The number of benzene rings is 1. The van der Waals surface area contributed by atoms with E-state index in [1.54, 1.807) is 12.1 Å². The molecule has 0 aliphatic heterocycles. The third kappa shape index (κ3) is 6.22. The zero-order valence-corrected chi connectivity index (χ0v) is 12.0. The van der Waals surface area contributed by atoms with Crippen molar-refractivity contribution < 1.29 is 14.3 Å². The first-order chi connectivity index (χ1) is 9.65. The van der Waals surface area contributed by atoms with Crippen LogP contribution in [0, 0.1) is 0 Å². The summed E-state index contributed by atoms with van der Waals surface area (Å²) >= 11 is 0. The van der Waals surface area contributed by atoms with Gasteiger partial charge in [-0.2, -0.15) is 0 Å². The number of carbonyl (C=O) groups is 2. The van der Waals surface area contributed by atoms with E-state index in [-0.39, 0.29) is 31.0 Å². The summed E-state index contributed by atoms with van der Waals surface area (Å²) in [6.07, 6.45) is 1.76. The second-order valence-electron chi connectivity index (χ2n) is 4.46. The van der Waals surface area contributed by atoms with Crippen LogP contribution >= 0.6 is 0 Å². The number of carbonyl (C=O) groups excluding carboxylic acids is 2. The Morgan fingerprint density at radius 3 is 2.35 bits per heavy atom. The van der Waals surface area contributed by atoms with Gasteiger partial charge in [-0.05, 0) is 25.0 Å². The summed E-state index contributed by atoms with van der Waals surface area (Å²) < 4.78 is 5.28. The van der Waals surface area contributed by atoms with Crippen LogP contribution in [0.2, 0.25) is 0 Å². The molecule has 0 aliphatic carbocycles. The SMILES string of the molecule is CCC(CC)NC(=O)CNC(=O)COc1ccccc1. The lowest BCUT2D eigenvalue weighted by atomic mass is 10.2. The highest BCUT2D eigenvalue weighted by atomic mass is 16.5. The van der Waals surface area contributed by atoms with Gasteiger partial charge in [-0.25, -0.2) is 0 Å². The molecule has 1 aromatic rings. The van der Waals surface area contributed by atoms with Gasteiger partial charge in [0.25, 0.3) is 5.91 Å². The van der Waals surface area contributed by atoms with E-state index in [1.807, 2.05) is 32.0 Å². The van der Waals surface area contributed by atoms with Crippen LogP contribution in [0.5, 0.6) is 5.75 Å². The molecule has 1 rings (SSSR count). The molecule has 2 amide bonds. The molecule has 2 N–H and O–H groups in total. The second kappa shape index (κ2) is 8.96. The van der Waals surface area contributed by atoms with Crippen molar-refractivity contribution in [3.8, 4) is 5.75 Å². The molecule has 0 aromatic heterocycles. The van der Waals surface area contributed by atoms with Crippen molar-refractivity contribution in [1.29, 1.82) is 0 Å². The fourth-order valence-corrected chi connectivity index (χ4v) is 1.67. The van der Waals surface area contributed by atoms with Crippen LogP contribution < -0.4 is 15.4 Å². The first-order valence-electron chi connectivity index (χ1n) is 6.89. The van der Waals surface area contributed by atoms with E-state index in [0.717, 1.165) is 12.8 Å². The minimum Gasteiger partial charge on any atom is -0.484 e. The van der Waals surface area contributed by atoms with E-state index >= 15 is 0 Å². The second-order valence-corrected chi connectivity index (χ2v) is 4.46. The number of ether oxygens (including phenoxy) is 1. The molecule has 5 heteroatoms. The quantitative estimate of drug-likeness (QED) is 0.757. The summed E-state index contributed by atoms with van der Waals surface area (Å²) in [4.78, 5) is 23.1. The van der Waals surface area contributed by atoms with Gasteiger partial charge in [-0.15, -0.1) is 0 Å². The maximum Gasteiger partial charge on any atom is 0.258 e. The Kier molecular flexibility index (Phi) is 7.17. The molecule has 0 bridgehead atoms. The Balaban J connectivity index is 2.21. The Bertz CT molecular complexity index is 416. The normalized spacial score (nSPS) is 10.2. The van der Waals surface area contributed by atoms with Crippen LogP contribution in [0.4, 0.5) is 0 Å². The predicted molar refractivity (Wildman–Crippen MR) is 77.5 cm³/mol. The maximum absolute atomic E-state index is 11.6. The Morgan fingerprint density at radius 1 is 1.10 bits per heavy atom. The number of nitrogens with one attached hydrogen (secondary N) is 2. The zero-order valence-electron chi connectivity index (χ0n) is 12.0. The van der Waals surface area contributed by atoms with Gasteiger partial charge in [0.05, 0.1) is 6.54 Å². The Morgan fingerprint density at radius 2 is 1.75 bits per heavy atom. The average molecular weight is 278 g/mol. The summed E-state index contributed by atoms with van der Waals surface area (Å²) in [5.74, 6) is 0.143. The smallest absolute Gasteiger partial charge is 0.258 e. The maximum atomic E-state index is 11.6. The van der Waals surface area contributed by atoms with Gasteiger partial charge >= 0.3 is 0 Å². The third-order valence-electron chi connectivity index (χ3n) is 2.91. The molecule has 0 heterocycles. The minimum absolute atomic E-state index is 0.0204. The van der Waals surface area contributed by atoms with Gasteiger partial charge in [0.2, 0.25) is 5.91 Å². The number of rotatable bonds is 8. The van der Waals surface area contributed by atoms with E-state index in [9.17, 15) is 9.59 Å². The third-order valence-corrected chi connectivity index (χ3v) is 2.91. The van der Waals surface area contributed by atoms with Gasteiger partial charge in [0.15, 0.2) is 6.61 Å². The van der Waals surface area contributed by atoms with Crippen LogP contribution in [0.25, 0.3) is 0 Å². The standard InChI is InChI=1S/C15H22N2O3/c1-3-12(4-2)17-14(18)10-16-15(19)11-20-13-8-6-5-7-9-13/h5-9,12H,3-4,10-11H2,1-2H3,(H,16,19)(H,17,18). The molecule has 110 valence electrons. The van der Waals surface area contributed by atoms with Gasteiger partial charge in [-0.1, -0.05) is 32.0 Å². The monoisotopic (exact) mass is 278 g/mol. The van der Waals surface area contributed by atoms with Crippen LogP contribution in [-0.4, -0.2) is 31.0 Å². The van der Waals surface area contributed by atoms with Crippen molar-refractivity contribution in [3.05, 3.63) is 30.3 Å². The van der Waals surface area contributed by atoms with E-state index < -0.39 is 0 Å². The summed E-state index contributed by atoms with van der Waals surface area (Å²) in [6, 6.07) is 9.24. The van der Waals surface area contributed by atoms with Crippen molar-refractivity contribution in [3.63, 3.8) is 0 Å². The molecule has 5 nitrogen and oxygen atoms in total. The minimum atomic E-state index is -0.312. The summed E-state index contributed by atoms with van der Waals surface area (Å²) in [6.45, 7) is 3.91. The van der Waals surface area contributed by atoms with Crippen molar-refractivity contribution in [2.75, 3.05) is 13.2 Å². The highest BCUT2D eigenvalue weighted by Crippen LogP contribution is 2.07. The summed E-state index contributed by atoms with van der Waals surface area (Å²) in [5, 5.41) is 5.38. The largest absolute Gasteiger partial charge is 0.484 e. The fraction of sp³-hybridized carbons (Fsp3) is 0.467. The lowest BCUT2D eigenvalue weighted by Crippen LogP contribution is -2.42. The highest BCUT2D eigenvalue weighted by Gasteiger charge is 2.09. The number of hydrogen-bond acceptors (Lipinski definition) is 3. The average Bonchev–Trinajstić information content (AvgIpc) is 2.49. The van der Waals surface area contributed by atoms with Crippen molar-refractivity contribution in [2.45, 2.75) is 32.7 Å². The van der Waals surface area contributed by atoms with Gasteiger partial charge in [-0.3, -0.25) is 9.59 Å². The van der Waals surface area contributed by atoms with E-state index in [4.69, 9.17) is 4.74 Å². The van der Waals surface area contributed by atoms with Crippen molar-refractivity contribution in [2.24, 2.45) is 0 Å².